The first-order valence-corrected chi connectivity index (χ1v) is 18.5. The van der Waals surface area contributed by atoms with Crippen molar-refractivity contribution in [2.45, 2.75) is 39.5 Å². The monoisotopic (exact) mass is 730 g/mol. The maximum absolute atomic E-state index is 12.8. The average Bonchev–Trinajstić information content (AvgIpc) is 3.16. The van der Waals surface area contributed by atoms with E-state index in [0.29, 0.717) is 11.1 Å². The molecule has 0 fully saturated rings. The number of ketones is 2. The van der Waals surface area contributed by atoms with Crippen LogP contribution in [0.3, 0.4) is 0 Å². The molecule has 1 aliphatic carbocycles. The summed E-state index contributed by atoms with van der Waals surface area (Å²) >= 11 is 0. The summed E-state index contributed by atoms with van der Waals surface area (Å²) in [6.45, 7) is 8.43. The zero-order valence-corrected chi connectivity index (χ0v) is 31.4. The fourth-order valence-corrected chi connectivity index (χ4v) is 8.38. The summed E-state index contributed by atoms with van der Waals surface area (Å²) in [5.74, 6) is 0.199. The van der Waals surface area contributed by atoms with Crippen LogP contribution in [0.2, 0.25) is 0 Å². The molecule has 0 N–H and O–H groups in total. The second-order valence-corrected chi connectivity index (χ2v) is 15.0. The number of para-hydroxylation sites is 1. The van der Waals surface area contributed by atoms with E-state index in [-0.39, 0.29) is 45.6 Å². The Hall–Kier alpha value is -4.88. The van der Waals surface area contributed by atoms with Gasteiger partial charge in [0.1, 0.15) is 15.9 Å². The van der Waals surface area contributed by atoms with E-state index >= 15 is 0 Å². The first kappa shape index (κ1) is 38.9. The molecule has 0 saturated carbocycles. The van der Waals surface area contributed by atoms with Crippen LogP contribution in [-0.2, 0) is 16.5 Å². The van der Waals surface area contributed by atoms with Gasteiger partial charge >= 0.3 is 16.5 Å². The molecule has 0 spiro atoms. The predicted molar refractivity (Wildman–Crippen MR) is 213 cm³/mol. The number of nitrogens with zero attached hydrogens (tertiary/aromatic N) is 1. The second kappa shape index (κ2) is 19.5. The van der Waals surface area contributed by atoms with E-state index in [2.05, 4.69) is 130 Å². The fraction of sp³-hybridized carbons (Fsp3) is 0.130. The largest absolute Gasteiger partial charge is 2.00 e. The van der Waals surface area contributed by atoms with E-state index < -0.39 is 7.92 Å². The molecule has 0 saturated heterocycles. The van der Waals surface area contributed by atoms with Crippen LogP contribution >= 0.6 is 7.92 Å². The van der Waals surface area contributed by atoms with E-state index in [0.717, 1.165) is 16.8 Å². The van der Waals surface area contributed by atoms with Gasteiger partial charge in [-0.15, -0.1) is 5.69 Å². The fourth-order valence-electron chi connectivity index (χ4n) is 5.80. The van der Waals surface area contributed by atoms with E-state index in [1.807, 2.05) is 48.5 Å². The van der Waals surface area contributed by atoms with Gasteiger partial charge in [-0.25, -0.2) is 0 Å². The number of allylic oxidation sites excluding steroid dienone is 2. The molecule has 3 nitrogen and oxygen atoms in total. The third-order valence-corrected chi connectivity index (χ3v) is 11.0. The number of rotatable bonds is 7. The van der Waals surface area contributed by atoms with Gasteiger partial charge in [0, 0.05) is 11.1 Å². The molecule has 0 unspecified atom stereocenters. The quantitative estimate of drug-likeness (QED) is 0.0933. The Balaban J connectivity index is 0.000000197. The van der Waals surface area contributed by atoms with E-state index in [1.165, 1.54) is 22.0 Å². The van der Waals surface area contributed by atoms with Crippen LogP contribution < -0.4 is 15.9 Å². The van der Waals surface area contributed by atoms with Gasteiger partial charge in [0.2, 0.25) is 0 Å². The van der Waals surface area contributed by atoms with Crippen LogP contribution in [0.5, 0.6) is 0 Å². The van der Waals surface area contributed by atoms with E-state index in [9.17, 15) is 9.59 Å². The Kier molecular flexibility index (Phi) is 14.9. The molecule has 0 bridgehead atoms. The summed E-state index contributed by atoms with van der Waals surface area (Å²) in [7, 11) is -0.877. The molecule has 51 heavy (non-hydrogen) atoms. The van der Waals surface area contributed by atoms with Crippen molar-refractivity contribution in [3.8, 4) is 0 Å². The zero-order chi connectivity index (χ0) is 35.3. The summed E-state index contributed by atoms with van der Waals surface area (Å²) in [6, 6.07) is 58.0. The zero-order valence-electron chi connectivity index (χ0n) is 29.4. The summed E-state index contributed by atoms with van der Waals surface area (Å²) < 4.78 is 0. The number of hydrogen-bond acceptors (Lipinski definition) is 2. The molecule has 0 amide bonds. The Morgan fingerprint density at radius 1 is 0.510 bits per heavy atom. The summed E-state index contributed by atoms with van der Waals surface area (Å²) in [6.07, 6.45) is 1.37. The van der Waals surface area contributed by atoms with Crippen LogP contribution in [0.4, 0.5) is 5.69 Å². The molecule has 6 aromatic carbocycles. The molecule has 0 aliphatic heterocycles. The normalized spacial score (nSPS) is 11.7. The van der Waals surface area contributed by atoms with Gasteiger partial charge in [0.25, 0.3) is 0 Å². The van der Waals surface area contributed by atoms with Gasteiger partial charge in [-0.2, -0.15) is 36.4 Å². The average molecular weight is 732 g/mol. The Morgan fingerprint density at radius 3 is 1.31 bits per heavy atom. The summed E-state index contributed by atoms with van der Waals surface area (Å²) in [5, 5.41) is 8.99. The number of hydrogen-bond donors (Lipinski definition) is 0. The first-order valence-electron chi connectivity index (χ1n) is 17.0. The number of carbonyl (C=O) groups excluding carboxylic acids is 2. The molecule has 0 atom stereocenters. The van der Waals surface area contributed by atoms with Crippen LogP contribution in [0.15, 0.2) is 176 Å². The first-order chi connectivity index (χ1) is 24.3. The maximum Gasteiger partial charge on any atom is 2.00 e. The second-order valence-electron chi connectivity index (χ2n) is 12.5. The predicted octanol–water partition coefficient (Wildman–Crippen LogP) is 10.6. The summed E-state index contributed by atoms with van der Waals surface area (Å²) in [5.41, 5.74) is 4.10. The minimum atomic E-state index is -0.877. The number of benzene rings is 6. The molecule has 1 aliphatic rings. The van der Waals surface area contributed by atoms with Gasteiger partial charge in [-0.3, -0.25) is 9.59 Å². The van der Waals surface area contributed by atoms with Crippen LogP contribution in [0, 0.1) is 6.07 Å². The number of carbonyl (C=O) groups is 2. The topological polar surface area (TPSA) is 48.2 Å². The minimum Gasteiger partial charge on any atom is -0.654 e. The van der Waals surface area contributed by atoms with Crippen molar-refractivity contribution in [1.82, 2.24) is 0 Å². The maximum atomic E-state index is 12.8. The van der Waals surface area contributed by atoms with Crippen molar-refractivity contribution in [3.05, 3.63) is 209 Å². The molecule has 7 rings (SSSR count). The van der Waals surface area contributed by atoms with Gasteiger partial charge in [-0.05, 0) is 54.3 Å². The Morgan fingerprint density at radius 2 is 0.922 bits per heavy atom. The van der Waals surface area contributed by atoms with Gasteiger partial charge in [0.05, 0.1) is 7.92 Å². The van der Waals surface area contributed by atoms with E-state index in [4.69, 9.17) is 0 Å². The molecule has 0 aromatic heterocycles. The van der Waals surface area contributed by atoms with Gasteiger partial charge in [-0.1, -0.05) is 142 Å². The van der Waals surface area contributed by atoms with Crippen molar-refractivity contribution < 1.29 is 26.1 Å². The molecular weight excluding hydrogens is 688 g/mol. The SMILES string of the molecule is CC(C)c1cccc(C(C)C)c1[N-]C1=CC(=O)c2ccccc2C1=O.[Ni+2].[c-]1ccccc1.c1ccc([PH+](c2ccccc2)c2ccccc2)cc1. The molecule has 0 heterocycles. The molecule has 258 valence electrons. The van der Waals surface area contributed by atoms with Crippen LogP contribution in [0.1, 0.15) is 71.4 Å². The van der Waals surface area contributed by atoms with Crippen LogP contribution in [-0.4, -0.2) is 11.6 Å². The minimum absolute atomic E-state index is 0. The molecule has 0 radical (unpaired) electrons. The van der Waals surface area contributed by atoms with Crippen molar-refractivity contribution >= 4 is 41.1 Å². The number of Topliss-reactive ketones (excluding diaryl/α,β-unsaturated/α-hetero) is 1. The molecule has 6 aromatic rings. The standard InChI is InChI=1S/C22H23NO2.C18H15P.C6H5.Ni/c1-13(2)15-10-7-11-16(14(3)4)21(15)23-19-12-20(24)17-8-5-6-9-18(17)22(19)25;1-4-10-16(11-5-1)19(17-12-6-2-7-13-17)18-14-8-3-9-15-18;1-2-4-6-5-3-1;/h5-14H,1-4H3,(H,23,24);1-15H;1-5H;/q;;-1;+2. The third kappa shape index (κ3) is 10.3. The van der Waals surface area contributed by atoms with Crippen molar-refractivity contribution in [3.63, 3.8) is 0 Å². The smallest absolute Gasteiger partial charge is 0.654 e. The van der Waals surface area contributed by atoms with Crippen LogP contribution in [0.25, 0.3) is 5.32 Å². The molecule has 5 heteroatoms. The van der Waals surface area contributed by atoms with Gasteiger partial charge < -0.3 is 5.32 Å². The van der Waals surface area contributed by atoms with Crippen molar-refractivity contribution in [2.24, 2.45) is 0 Å². The van der Waals surface area contributed by atoms with Crippen molar-refractivity contribution in [2.75, 3.05) is 0 Å². The summed E-state index contributed by atoms with van der Waals surface area (Å²) in [4.78, 5) is 25.2. The Bertz CT molecular complexity index is 1860. The third-order valence-electron chi connectivity index (χ3n) is 8.31. The van der Waals surface area contributed by atoms with Crippen molar-refractivity contribution in [1.29, 1.82) is 0 Å². The molecular formula is C46H43NNiO2P+. The number of fused-ring (bicyclic) bond motifs is 1. The van der Waals surface area contributed by atoms with Gasteiger partial charge in [0.15, 0.2) is 11.6 Å². The Labute approximate surface area is 314 Å². The van der Waals surface area contributed by atoms with E-state index in [1.54, 1.807) is 24.3 Å².